The van der Waals surface area contributed by atoms with E-state index < -0.39 is 0 Å². The summed E-state index contributed by atoms with van der Waals surface area (Å²) in [6.07, 6.45) is 2.42. The first kappa shape index (κ1) is 15.6. The first-order valence-electron chi connectivity index (χ1n) is 6.60. The summed E-state index contributed by atoms with van der Waals surface area (Å²) in [7, 11) is 1.71. The van der Waals surface area contributed by atoms with Crippen LogP contribution in [0.25, 0.3) is 0 Å². The molecular formula is C15H17BrFN3O. The van der Waals surface area contributed by atoms with Gasteiger partial charge in [0.2, 0.25) is 0 Å². The van der Waals surface area contributed by atoms with Gasteiger partial charge in [-0.2, -0.15) is 0 Å². The van der Waals surface area contributed by atoms with Crippen LogP contribution in [-0.4, -0.2) is 19.6 Å². The van der Waals surface area contributed by atoms with E-state index in [1.807, 2.05) is 12.1 Å². The molecule has 1 aromatic heterocycles. The van der Waals surface area contributed by atoms with Crippen LogP contribution in [0.4, 0.5) is 4.39 Å². The highest BCUT2D eigenvalue weighted by Crippen LogP contribution is 2.16. The van der Waals surface area contributed by atoms with Gasteiger partial charge in [-0.1, -0.05) is 6.07 Å². The van der Waals surface area contributed by atoms with Gasteiger partial charge < -0.3 is 15.1 Å². The summed E-state index contributed by atoms with van der Waals surface area (Å²) in [6, 6.07) is 8.77. The molecule has 2 N–H and O–H groups in total. The Hall–Kier alpha value is -1.82. The van der Waals surface area contributed by atoms with E-state index in [0.717, 1.165) is 17.7 Å². The molecule has 21 heavy (non-hydrogen) atoms. The van der Waals surface area contributed by atoms with Crippen molar-refractivity contribution in [2.75, 3.05) is 13.6 Å². The first-order valence-corrected chi connectivity index (χ1v) is 7.39. The smallest absolute Gasteiger partial charge is 0.191 e. The Morgan fingerprint density at radius 2 is 2.19 bits per heavy atom. The Morgan fingerprint density at radius 3 is 2.86 bits per heavy atom. The molecule has 2 rings (SSSR count). The summed E-state index contributed by atoms with van der Waals surface area (Å²) in [5, 5.41) is 6.36. The maximum atomic E-state index is 13.1. The van der Waals surface area contributed by atoms with Crippen LogP contribution < -0.4 is 10.6 Å². The molecule has 0 amide bonds. The fourth-order valence-corrected chi connectivity index (χ4v) is 2.25. The number of hydrogen-bond acceptors (Lipinski definition) is 2. The fraction of sp³-hybridized carbons (Fsp3) is 0.267. The summed E-state index contributed by atoms with van der Waals surface area (Å²) >= 11 is 3.19. The zero-order valence-electron chi connectivity index (χ0n) is 11.7. The van der Waals surface area contributed by atoms with E-state index in [1.165, 1.54) is 6.07 Å². The van der Waals surface area contributed by atoms with Crippen molar-refractivity contribution in [3.63, 3.8) is 0 Å². The molecular weight excluding hydrogens is 337 g/mol. The molecule has 6 heteroatoms. The predicted octanol–water partition coefficient (Wildman–Crippen LogP) is 3.09. The molecule has 1 aromatic carbocycles. The number of benzene rings is 1. The Labute approximate surface area is 131 Å². The van der Waals surface area contributed by atoms with Gasteiger partial charge in [-0.25, -0.2) is 4.39 Å². The number of aliphatic imine (C=N–C) groups is 1. The van der Waals surface area contributed by atoms with Crippen molar-refractivity contribution < 1.29 is 8.81 Å². The van der Waals surface area contributed by atoms with Gasteiger partial charge in [-0.15, -0.1) is 0 Å². The minimum atomic E-state index is -0.248. The van der Waals surface area contributed by atoms with E-state index in [2.05, 4.69) is 31.6 Å². The molecule has 0 saturated heterocycles. The van der Waals surface area contributed by atoms with Crippen LogP contribution in [0.3, 0.4) is 0 Å². The molecule has 0 bridgehead atoms. The van der Waals surface area contributed by atoms with Crippen molar-refractivity contribution >= 4 is 21.9 Å². The van der Waals surface area contributed by atoms with Crippen LogP contribution in [-0.2, 0) is 13.0 Å². The SMILES string of the molecule is CN=C(NCCc1ccc(F)c(Br)c1)NCc1ccco1. The molecule has 0 aliphatic rings. The van der Waals surface area contributed by atoms with E-state index in [9.17, 15) is 4.39 Å². The summed E-state index contributed by atoms with van der Waals surface area (Å²) in [5.74, 6) is 1.30. The van der Waals surface area contributed by atoms with Gasteiger partial charge >= 0.3 is 0 Å². The first-order chi connectivity index (χ1) is 10.2. The van der Waals surface area contributed by atoms with Crippen LogP contribution in [0.1, 0.15) is 11.3 Å². The lowest BCUT2D eigenvalue weighted by atomic mass is 10.1. The number of nitrogens with zero attached hydrogens (tertiary/aromatic N) is 1. The predicted molar refractivity (Wildman–Crippen MR) is 84.7 cm³/mol. The fourth-order valence-electron chi connectivity index (χ4n) is 1.82. The Bertz CT molecular complexity index is 599. The van der Waals surface area contributed by atoms with Crippen LogP contribution in [0.15, 0.2) is 50.5 Å². The molecule has 0 spiro atoms. The van der Waals surface area contributed by atoms with Crippen LogP contribution in [0.5, 0.6) is 0 Å². The van der Waals surface area contributed by atoms with Gasteiger partial charge in [0.25, 0.3) is 0 Å². The zero-order chi connectivity index (χ0) is 15.1. The standard InChI is InChI=1S/C15H17BrFN3O/c1-18-15(20-10-12-3-2-8-21-12)19-7-6-11-4-5-14(17)13(16)9-11/h2-5,8-9H,6-7,10H2,1H3,(H2,18,19,20). The topological polar surface area (TPSA) is 49.6 Å². The van der Waals surface area contributed by atoms with Crippen LogP contribution in [0.2, 0.25) is 0 Å². The van der Waals surface area contributed by atoms with Gasteiger partial charge in [-0.3, -0.25) is 4.99 Å². The molecule has 1 heterocycles. The number of hydrogen-bond donors (Lipinski definition) is 2. The second-order valence-electron chi connectivity index (χ2n) is 4.43. The van der Waals surface area contributed by atoms with Crippen molar-refractivity contribution in [1.82, 2.24) is 10.6 Å². The summed E-state index contributed by atoms with van der Waals surface area (Å²) in [4.78, 5) is 4.13. The normalized spacial score (nSPS) is 11.5. The minimum Gasteiger partial charge on any atom is -0.467 e. The highest BCUT2D eigenvalue weighted by atomic mass is 79.9. The average molecular weight is 354 g/mol. The largest absolute Gasteiger partial charge is 0.467 e. The molecule has 112 valence electrons. The summed E-state index contributed by atoms with van der Waals surface area (Å²) in [5.41, 5.74) is 1.05. The lowest BCUT2D eigenvalue weighted by Crippen LogP contribution is -2.37. The molecule has 0 unspecified atom stereocenters. The third-order valence-electron chi connectivity index (χ3n) is 2.92. The quantitative estimate of drug-likeness (QED) is 0.641. The van der Waals surface area contributed by atoms with E-state index in [-0.39, 0.29) is 5.82 Å². The second-order valence-corrected chi connectivity index (χ2v) is 5.28. The number of furan rings is 1. The third kappa shape index (κ3) is 4.90. The molecule has 0 aliphatic carbocycles. The highest BCUT2D eigenvalue weighted by Gasteiger charge is 2.02. The monoisotopic (exact) mass is 353 g/mol. The van der Waals surface area contributed by atoms with Gasteiger partial charge in [0.05, 0.1) is 17.3 Å². The Balaban J connectivity index is 1.76. The minimum absolute atomic E-state index is 0.248. The number of halogens is 2. The Kier molecular flexibility index (Phi) is 5.80. The lowest BCUT2D eigenvalue weighted by Gasteiger charge is -2.11. The number of nitrogens with one attached hydrogen (secondary N) is 2. The molecule has 0 fully saturated rings. The van der Waals surface area contributed by atoms with E-state index >= 15 is 0 Å². The maximum absolute atomic E-state index is 13.1. The number of guanidine groups is 1. The lowest BCUT2D eigenvalue weighted by molar-refractivity contribution is 0.501. The molecule has 4 nitrogen and oxygen atoms in total. The molecule has 0 atom stereocenters. The van der Waals surface area contributed by atoms with Crippen molar-refractivity contribution in [3.8, 4) is 0 Å². The molecule has 0 aliphatic heterocycles. The summed E-state index contributed by atoms with van der Waals surface area (Å²) in [6.45, 7) is 1.28. The van der Waals surface area contributed by atoms with Crippen molar-refractivity contribution in [2.45, 2.75) is 13.0 Å². The number of rotatable bonds is 5. The van der Waals surface area contributed by atoms with Gasteiger partial charge in [0.15, 0.2) is 5.96 Å². The maximum Gasteiger partial charge on any atom is 0.191 e. The van der Waals surface area contributed by atoms with Crippen LogP contribution >= 0.6 is 15.9 Å². The molecule has 2 aromatic rings. The van der Waals surface area contributed by atoms with Gasteiger partial charge in [-0.05, 0) is 52.2 Å². The summed E-state index contributed by atoms with van der Waals surface area (Å²) < 4.78 is 18.9. The van der Waals surface area contributed by atoms with Crippen LogP contribution in [0, 0.1) is 5.82 Å². The van der Waals surface area contributed by atoms with Gasteiger partial charge in [0, 0.05) is 13.6 Å². The average Bonchev–Trinajstić information content (AvgIpc) is 2.99. The van der Waals surface area contributed by atoms with E-state index in [1.54, 1.807) is 25.4 Å². The Morgan fingerprint density at radius 1 is 1.33 bits per heavy atom. The highest BCUT2D eigenvalue weighted by molar-refractivity contribution is 9.10. The van der Waals surface area contributed by atoms with Crippen molar-refractivity contribution in [3.05, 3.63) is 58.2 Å². The van der Waals surface area contributed by atoms with Crippen molar-refractivity contribution in [2.24, 2.45) is 4.99 Å². The van der Waals surface area contributed by atoms with Crippen molar-refractivity contribution in [1.29, 1.82) is 0 Å². The van der Waals surface area contributed by atoms with E-state index in [0.29, 0.717) is 23.5 Å². The molecule has 0 radical (unpaired) electrons. The molecule has 0 saturated carbocycles. The second kappa shape index (κ2) is 7.83. The van der Waals surface area contributed by atoms with E-state index in [4.69, 9.17) is 4.42 Å². The third-order valence-corrected chi connectivity index (χ3v) is 3.53. The van der Waals surface area contributed by atoms with Gasteiger partial charge in [0.1, 0.15) is 11.6 Å². The zero-order valence-corrected chi connectivity index (χ0v) is 13.3.